The summed E-state index contributed by atoms with van der Waals surface area (Å²) in [6.45, 7) is 4.77. The van der Waals surface area contributed by atoms with Gasteiger partial charge in [0.25, 0.3) is 0 Å². The molecule has 6 nitrogen and oxygen atoms in total. The number of hydrogen-bond donors (Lipinski definition) is 1. The second-order valence-electron chi connectivity index (χ2n) is 10.6. The monoisotopic (exact) mass is 510 g/mol. The summed E-state index contributed by atoms with van der Waals surface area (Å²) in [4.78, 5) is 28.1. The third kappa shape index (κ3) is 4.80. The Kier molecular flexibility index (Phi) is 7.16. The van der Waals surface area contributed by atoms with Crippen LogP contribution in [0.25, 0.3) is 0 Å². The van der Waals surface area contributed by atoms with Crippen LogP contribution in [0.1, 0.15) is 68.7 Å². The van der Waals surface area contributed by atoms with Crippen LogP contribution in [0.15, 0.2) is 36.4 Å². The van der Waals surface area contributed by atoms with Crippen molar-refractivity contribution in [3.05, 3.63) is 58.1 Å². The van der Waals surface area contributed by atoms with Gasteiger partial charge in [-0.1, -0.05) is 23.7 Å². The van der Waals surface area contributed by atoms with Crippen molar-refractivity contribution in [2.24, 2.45) is 11.8 Å². The van der Waals surface area contributed by atoms with Gasteiger partial charge in [-0.25, -0.2) is 0 Å². The Morgan fingerprint density at radius 2 is 1.72 bits per heavy atom. The normalized spacial score (nSPS) is 26.1. The molecule has 36 heavy (non-hydrogen) atoms. The number of carbonyl (C=O) groups excluding carboxylic acids is 2. The van der Waals surface area contributed by atoms with E-state index in [1.807, 2.05) is 44.2 Å². The van der Waals surface area contributed by atoms with Crippen LogP contribution in [-0.2, 0) is 16.0 Å². The second-order valence-corrected chi connectivity index (χ2v) is 11.0. The van der Waals surface area contributed by atoms with Crippen molar-refractivity contribution >= 4 is 23.4 Å². The lowest BCUT2D eigenvalue weighted by Crippen LogP contribution is -2.48. The Morgan fingerprint density at radius 3 is 2.33 bits per heavy atom. The molecule has 2 unspecified atom stereocenters. The van der Waals surface area contributed by atoms with Crippen LogP contribution in [0.5, 0.6) is 11.5 Å². The lowest BCUT2D eigenvalue weighted by Gasteiger charge is -2.45. The summed E-state index contributed by atoms with van der Waals surface area (Å²) in [5.41, 5.74) is 3.08. The molecule has 3 aliphatic rings. The van der Waals surface area contributed by atoms with Gasteiger partial charge in [-0.15, -0.1) is 0 Å². The second kappa shape index (κ2) is 10.3. The molecule has 5 rings (SSSR count). The number of nitrogens with one attached hydrogen (secondary N) is 1. The molecule has 192 valence electrons. The van der Waals surface area contributed by atoms with Gasteiger partial charge in [0.1, 0.15) is 0 Å². The van der Waals surface area contributed by atoms with Gasteiger partial charge in [0.05, 0.1) is 25.7 Å². The lowest BCUT2D eigenvalue weighted by molar-refractivity contribution is -0.137. The molecule has 0 bridgehead atoms. The number of halogens is 1. The van der Waals surface area contributed by atoms with Gasteiger partial charge in [0, 0.05) is 23.5 Å². The number of ether oxygens (including phenoxy) is 2. The quantitative estimate of drug-likeness (QED) is 0.572. The summed E-state index contributed by atoms with van der Waals surface area (Å²) in [5, 5.41) is 3.65. The summed E-state index contributed by atoms with van der Waals surface area (Å²) in [7, 11) is 1.63. The summed E-state index contributed by atoms with van der Waals surface area (Å²) in [6.07, 6.45) is 5.01. The molecule has 2 aliphatic heterocycles. The minimum atomic E-state index is -0.227. The summed E-state index contributed by atoms with van der Waals surface area (Å²) < 4.78 is 11.7. The Labute approximate surface area is 218 Å². The molecule has 2 amide bonds. The topological polar surface area (TPSA) is 67.9 Å². The largest absolute Gasteiger partial charge is 0.493 e. The predicted octanol–water partition coefficient (Wildman–Crippen LogP) is 5.30. The van der Waals surface area contributed by atoms with Crippen LogP contribution < -0.4 is 14.8 Å². The average Bonchev–Trinajstić information content (AvgIpc) is 3.29. The molecule has 1 saturated carbocycles. The fraction of sp³-hybridized carbons (Fsp3) is 0.517. The maximum absolute atomic E-state index is 13.7. The first-order valence-electron chi connectivity index (χ1n) is 13.1. The fourth-order valence-corrected chi connectivity index (χ4v) is 6.45. The Morgan fingerprint density at radius 1 is 1.00 bits per heavy atom. The summed E-state index contributed by atoms with van der Waals surface area (Å²) >= 11 is 6.23. The highest BCUT2D eigenvalue weighted by Crippen LogP contribution is 2.45. The van der Waals surface area contributed by atoms with Crippen LogP contribution in [-0.4, -0.2) is 42.5 Å². The van der Waals surface area contributed by atoms with Crippen LogP contribution in [0.2, 0.25) is 5.02 Å². The van der Waals surface area contributed by atoms with Crippen LogP contribution in [0.3, 0.4) is 0 Å². The first-order chi connectivity index (χ1) is 17.4. The number of amides is 2. The zero-order chi connectivity index (χ0) is 25.4. The SMILES string of the molecule is COc1cc2c(cc1OC(C)C)C(c1ccc(Cl)cc1)N([C@H]1CC[C@H](C3CCNC3=O)CC1)C(=O)C2. The van der Waals surface area contributed by atoms with Crippen LogP contribution >= 0.6 is 11.6 Å². The highest BCUT2D eigenvalue weighted by Gasteiger charge is 2.42. The van der Waals surface area contributed by atoms with E-state index in [1.54, 1.807) is 7.11 Å². The molecule has 7 heteroatoms. The van der Waals surface area contributed by atoms with E-state index in [0.29, 0.717) is 28.9 Å². The first kappa shape index (κ1) is 24.9. The zero-order valence-electron chi connectivity index (χ0n) is 21.3. The predicted molar refractivity (Wildman–Crippen MR) is 139 cm³/mol. The molecule has 2 atom stereocenters. The summed E-state index contributed by atoms with van der Waals surface area (Å²) in [6, 6.07) is 11.7. The molecule has 0 spiro atoms. The number of rotatable bonds is 6. The number of fused-ring (bicyclic) bond motifs is 1. The van der Waals surface area contributed by atoms with Gasteiger partial charge in [-0.3, -0.25) is 9.59 Å². The molecule has 0 aromatic heterocycles. The lowest BCUT2D eigenvalue weighted by atomic mass is 9.76. The van der Waals surface area contributed by atoms with Crippen LogP contribution in [0, 0.1) is 11.8 Å². The van der Waals surface area contributed by atoms with E-state index in [9.17, 15) is 9.59 Å². The van der Waals surface area contributed by atoms with Crippen molar-refractivity contribution in [2.75, 3.05) is 13.7 Å². The third-order valence-corrected chi connectivity index (χ3v) is 8.22. The molecule has 2 aromatic carbocycles. The van der Waals surface area contributed by atoms with Gasteiger partial charge < -0.3 is 19.7 Å². The van der Waals surface area contributed by atoms with E-state index < -0.39 is 0 Å². The first-order valence-corrected chi connectivity index (χ1v) is 13.4. The highest BCUT2D eigenvalue weighted by molar-refractivity contribution is 6.30. The van der Waals surface area contributed by atoms with Gasteiger partial charge in [-0.05, 0) is 92.8 Å². The number of benzene rings is 2. The third-order valence-electron chi connectivity index (χ3n) is 7.97. The molecule has 2 fully saturated rings. The number of hydrogen-bond acceptors (Lipinski definition) is 4. The molecule has 2 aromatic rings. The van der Waals surface area contributed by atoms with Gasteiger partial charge in [0.2, 0.25) is 11.8 Å². The van der Waals surface area contributed by atoms with E-state index in [2.05, 4.69) is 16.3 Å². The minimum absolute atomic E-state index is 0.00433. The number of methoxy groups -OCH3 is 1. The maximum Gasteiger partial charge on any atom is 0.228 e. The highest BCUT2D eigenvalue weighted by atomic mass is 35.5. The van der Waals surface area contributed by atoms with E-state index in [4.69, 9.17) is 21.1 Å². The van der Waals surface area contributed by atoms with Crippen molar-refractivity contribution in [1.82, 2.24) is 10.2 Å². The van der Waals surface area contributed by atoms with Crippen molar-refractivity contribution in [2.45, 2.75) is 70.6 Å². The van der Waals surface area contributed by atoms with Gasteiger partial charge >= 0.3 is 0 Å². The van der Waals surface area contributed by atoms with Gasteiger partial charge in [0.15, 0.2) is 11.5 Å². The van der Waals surface area contributed by atoms with Gasteiger partial charge in [-0.2, -0.15) is 0 Å². The van der Waals surface area contributed by atoms with Crippen molar-refractivity contribution in [3.8, 4) is 11.5 Å². The standard InChI is InChI=1S/C29H35ClN2O4/c1-17(2)36-26-16-24-20(14-25(26)35-3)15-27(33)32(28(24)19-4-8-21(30)9-5-19)22-10-6-18(7-11-22)23-12-13-31-29(23)34/h4-5,8-9,14,16-18,22-23,28H,6-7,10-13,15H2,1-3H3,(H,31,34)/t18-,22-,23?,28?. The summed E-state index contributed by atoms with van der Waals surface area (Å²) in [5.74, 6) is 2.19. The zero-order valence-corrected chi connectivity index (χ0v) is 22.0. The van der Waals surface area contributed by atoms with Crippen molar-refractivity contribution in [1.29, 1.82) is 0 Å². The Balaban J connectivity index is 1.50. The minimum Gasteiger partial charge on any atom is -0.493 e. The van der Waals surface area contributed by atoms with Crippen molar-refractivity contribution < 1.29 is 19.1 Å². The smallest absolute Gasteiger partial charge is 0.228 e. The van der Waals surface area contributed by atoms with E-state index in [0.717, 1.165) is 55.3 Å². The molecule has 0 radical (unpaired) electrons. The molecular formula is C29H35ClN2O4. The molecule has 1 N–H and O–H groups in total. The Bertz CT molecular complexity index is 1120. The molecule has 1 saturated heterocycles. The Hall–Kier alpha value is -2.73. The average molecular weight is 511 g/mol. The number of nitrogens with zero attached hydrogens (tertiary/aromatic N) is 1. The molecule has 2 heterocycles. The molecule has 1 aliphatic carbocycles. The molecular weight excluding hydrogens is 476 g/mol. The number of carbonyl (C=O) groups is 2. The fourth-order valence-electron chi connectivity index (χ4n) is 6.32. The van der Waals surface area contributed by atoms with Crippen molar-refractivity contribution in [3.63, 3.8) is 0 Å². The van der Waals surface area contributed by atoms with Crippen LogP contribution in [0.4, 0.5) is 0 Å². The van der Waals surface area contributed by atoms with E-state index in [-0.39, 0.29) is 35.9 Å². The van der Waals surface area contributed by atoms with E-state index >= 15 is 0 Å². The van der Waals surface area contributed by atoms with E-state index in [1.165, 1.54) is 0 Å². The maximum atomic E-state index is 13.7.